The predicted octanol–water partition coefficient (Wildman–Crippen LogP) is 13.0. The van der Waals surface area contributed by atoms with E-state index < -0.39 is 16.7 Å². The molecule has 3 aromatic rings. The number of azo groups is 2. The van der Waals surface area contributed by atoms with Crippen LogP contribution in [0, 0.1) is 10.1 Å². The topological polar surface area (TPSA) is 158 Å². The lowest BCUT2D eigenvalue weighted by molar-refractivity contribution is -0.384. The van der Waals surface area contributed by atoms with Crippen LogP contribution in [0.4, 0.5) is 34.1 Å². The van der Waals surface area contributed by atoms with Crippen molar-refractivity contribution in [1.29, 1.82) is 0 Å². The lowest BCUT2D eigenvalue weighted by Gasteiger charge is -2.22. The van der Waals surface area contributed by atoms with E-state index in [0.29, 0.717) is 47.3 Å². The van der Waals surface area contributed by atoms with E-state index in [-0.39, 0.29) is 18.7 Å². The Hall–Kier alpha value is -5.20. The molecule has 0 spiro atoms. The number of likely N-dealkylation sites (N-methyl/N-ethyl adjacent to an activating group) is 1. The Morgan fingerprint density at radius 1 is 0.632 bits per heavy atom. The van der Waals surface area contributed by atoms with Crippen LogP contribution in [0.2, 0.25) is 0 Å². The van der Waals surface area contributed by atoms with Gasteiger partial charge in [-0.05, 0) is 49.7 Å². The molecule has 0 N–H and O–H groups in total. The molecular weight excluding hydrogens is 725 g/mol. The van der Waals surface area contributed by atoms with Crippen molar-refractivity contribution in [2.45, 2.75) is 123 Å². The Kier molecular flexibility index (Phi) is 22.2. The first-order valence-electron chi connectivity index (χ1n) is 20.7. The first-order valence-corrected chi connectivity index (χ1v) is 20.7. The fourth-order valence-corrected chi connectivity index (χ4v) is 6.35. The zero-order valence-electron chi connectivity index (χ0n) is 34.5. The van der Waals surface area contributed by atoms with Crippen LogP contribution in [0.3, 0.4) is 0 Å². The highest BCUT2D eigenvalue weighted by molar-refractivity contribution is 6.33. The minimum absolute atomic E-state index is 0.0393. The molecule has 13 nitrogen and oxygen atoms in total. The fourth-order valence-electron chi connectivity index (χ4n) is 6.35. The summed E-state index contributed by atoms with van der Waals surface area (Å²) in [7, 11) is 2.99. The minimum Gasteiger partial charge on any atom is -0.494 e. The Balaban J connectivity index is 1.35. The van der Waals surface area contributed by atoms with Crippen LogP contribution in [0.25, 0.3) is 0 Å². The fraction of sp³-hybridized carbons (Fsp3) is 0.545. The zero-order valence-corrected chi connectivity index (χ0v) is 34.5. The van der Waals surface area contributed by atoms with E-state index in [1.165, 1.54) is 122 Å². The van der Waals surface area contributed by atoms with Crippen molar-refractivity contribution in [3.8, 4) is 11.5 Å². The molecule has 0 amide bonds. The van der Waals surface area contributed by atoms with Gasteiger partial charge in [-0.1, -0.05) is 103 Å². The molecule has 3 aromatic carbocycles. The van der Waals surface area contributed by atoms with Crippen LogP contribution in [-0.2, 0) is 14.3 Å². The third-order valence-corrected chi connectivity index (χ3v) is 9.76. The van der Waals surface area contributed by atoms with Crippen LogP contribution >= 0.6 is 0 Å². The summed E-state index contributed by atoms with van der Waals surface area (Å²) in [5.74, 6) is -0.430. The molecule has 0 saturated heterocycles. The molecule has 0 aromatic heterocycles. The largest absolute Gasteiger partial charge is 0.494 e. The van der Waals surface area contributed by atoms with Gasteiger partial charge in [0.05, 0.1) is 37.1 Å². The van der Waals surface area contributed by atoms with Crippen molar-refractivity contribution < 1.29 is 28.7 Å². The Morgan fingerprint density at radius 2 is 1.07 bits per heavy atom. The highest BCUT2D eigenvalue weighted by atomic mass is 16.6. The number of nitro groups is 1. The summed E-state index contributed by atoms with van der Waals surface area (Å²) in [5, 5.41) is 28.0. The van der Waals surface area contributed by atoms with E-state index in [1.54, 1.807) is 12.1 Å². The summed E-state index contributed by atoms with van der Waals surface area (Å²) in [6.07, 6.45) is 20.4. The molecule has 0 atom stereocenters. The van der Waals surface area contributed by atoms with Gasteiger partial charge in [0.2, 0.25) is 5.78 Å². The minimum atomic E-state index is -0.754. The van der Waals surface area contributed by atoms with E-state index in [9.17, 15) is 19.7 Å². The van der Waals surface area contributed by atoms with Gasteiger partial charge in [0, 0.05) is 42.9 Å². The number of nitrogens with zero attached hydrogens (tertiary/aromatic N) is 6. The Bertz CT molecular complexity index is 1700. The molecule has 0 bridgehead atoms. The molecule has 0 aliphatic carbocycles. The molecule has 0 heterocycles. The number of Topliss-reactive ketones (excluding diaryl/α,β-unsaturated/α-hetero) is 1. The quantitative estimate of drug-likeness (QED) is 0.0161. The van der Waals surface area contributed by atoms with E-state index in [2.05, 4.69) is 27.4 Å². The first-order chi connectivity index (χ1) is 27.8. The van der Waals surface area contributed by atoms with Gasteiger partial charge in [-0.2, -0.15) is 10.2 Å². The Labute approximate surface area is 338 Å². The van der Waals surface area contributed by atoms with Crippen LogP contribution in [-0.4, -0.2) is 50.6 Å². The highest BCUT2D eigenvalue weighted by Crippen LogP contribution is 2.41. The molecular formula is C44H62N6O7. The average molecular weight is 787 g/mol. The first kappa shape index (κ1) is 46.2. The lowest BCUT2D eigenvalue weighted by atomic mass is 10.0. The summed E-state index contributed by atoms with van der Waals surface area (Å²) >= 11 is 0. The van der Waals surface area contributed by atoms with Gasteiger partial charge in [-0.3, -0.25) is 14.9 Å². The number of hydrogen-bond donors (Lipinski definition) is 0. The maximum atomic E-state index is 12.4. The van der Waals surface area contributed by atoms with Crippen molar-refractivity contribution in [2.24, 2.45) is 20.5 Å². The number of benzene rings is 3. The number of methoxy groups -OCH3 is 2. The average Bonchev–Trinajstić information content (AvgIpc) is 3.23. The number of carbonyl (C=O) groups is 2. The maximum Gasteiger partial charge on any atom is 0.374 e. The molecule has 0 aliphatic heterocycles. The molecule has 0 fully saturated rings. The third kappa shape index (κ3) is 17.6. The normalized spacial score (nSPS) is 11.3. The van der Waals surface area contributed by atoms with Gasteiger partial charge in [0.1, 0.15) is 29.5 Å². The van der Waals surface area contributed by atoms with Gasteiger partial charge in [0.25, 0.3) is 5.69 Å². The van der Waals surface area contributed by atoms with E-state index >= 15 is 0 Å². The number of ketones is 1. The lowest BCUT2D eigenvalue weighted by Crippen LogP contribution is -2.29. The molecule has 13 heteroatoms. The number of anilines is 1. The second-order valence-electron chi connectivity index (χ2n) is 14.1. The molecule has 0 radical (unpaired) electrons. The maximum absolute atomic E-state index is 12.4. The zero-order chi connectivity index (χ0) is 41.1. The standard InChI is InChI=1S/C44H62N6O7/c1-5-7-8-9-10-11-12-13-14-15-16-17-18-19-20-21-22-41(51)44(52)57-32-31-49(6-2)37-27-23-35(24-28-37)45-47-39-33-43(56-4)40(34-42(39)55-3)48-46-36-25-29-38(30-26-36)50(53)54/h23-30,33-34H,5-22,31-32H2,1-4H3/b47-45+,48-46+. The Morgan fingerprint density at radius 3 is 1.49 bits per heavy atom. The smallest absolute Gasteiger partial charge is 0.374 e. The van der Waals surface area contributed by atoms with Crippen molar-refractivity contribution in [3.63, 3.8) is 0 Å². The molecule has 310 valence electrons. The molecule has 0 unspecified atom stereocenters. The van der Waals surface area contributed by atoms with E-state index in [4.69, 9.17) is 14.2 Å². The van der Waals surface area contributed by atoms with Crippen LogP contribution < -0.4 is 14.4 Å². The van der Waals surface area contributed by atoms with Gasteiger partial charge in [-0.15, -0.1) is 10.2 Å². The predicted molar refractivity (Wildman–Crippen MR) is 225 cm³/mol. The van der Waals surface area contributed by atoms with Gasteiger partial charge < -0.3 is 19.1 Å². The number of ether oxygens (including phenoxy) is 3. The number of hydrogen-bond acceptors (Lipinski definition) is 12. The summed E-state index contributed by atoms with van der Waals surface area (Å²) in [6.45, 7) is 5.51. The SMILES string of the molecule is CCCCCCCCCCCCCCCCCCC(=O)C(=O)OCCN(CC)c1ccc(/N=N/c2cc(OC)c(/N=N/c3ccc([N+](=O)[O-])cc3)cc2OC)cc1. The monoisotopic (exact) mass is 786 g/mol. The van der Waals surface area contributed by atoms with Gasteiger partial charge in [-0.25, -0.2) is 4.79 Å². The highest BCUT2D eigenvalue weighted by Gasteiger charge is 2.16. The number of rotatable bonds is 30. The van der Waals surface area contributed by atoms with Crippen LogP contribution in [0.1, 0.15) is 123 Å². The van der Waals surface area contributed by atoms with Gasteiger partial charge in [0.15, 0.2) is 0 Å². The van der Waals surface area contributed by atoms with Crippen molar-refractivity contribution in [3.05, 3.63) is 70.8 Å². The van der Waals surface area contributed by atoms with E-state index in [0.717, 1.165) is 24.9 Å². The molecule has 0 saturated carbocycles. The number of nitro benzene ring substituents is 1. The number of carbonyl (C=O) groups excluding carboxylic acids is 2. The molecule has 57 heavy (non-hydrogen) atoms. The van der Waals surface area contributed by atoms with Crippen molar-refractivity contribution in [2.75, 3.05) is 38.8 Å². The van der Waals surface area contributed by atoms with Crippen LogP contribution in [0.15, 0.2) is 81.1 Å². The number of esters is 1. The second kappa shape index (κ2) is 27.4. The molecule has 0 aliphatic rings. The van der Waals surface area contributed by atoms with Gasteiger partial charge >= 0.3 is 5.97 Å². The second-order valence-corrected chi connectivity index (χ2v) is 14.1. The number of non-ortho nitro benzene ring substituents is 1. The summed E-state index contributed by atoms with van der Waals surface area (Å²) in [4.78, 5) is 37.2. The summed E-state index contributed by atoms with van der Waals surface area (Å²) in [6, 6.07) is 16.4. The van der Waals surface area contributed by atoms with Crippen molar-refractivity contribution >= 4 is 45.9 Å². The van der Waals surface area contributed by atoms with Crippen molar-refractivity contribution in [1.82, 2.24) is 0 Å². The summed E-state index contributed by atoms with van der Waals surface area (Å²) in [5.41, 5.74) is 2.69. The number of unbranched alkanes of at least 4 members (excludes halogenated alkanes) is 15. The summed E-state index contributed by atoms with van der Waals surface area (Å²) < 4.78 is 16.3. The van der Waals surface area contributed by atoms with E-state index in [1.807, 2.05) is 36.1 Å². The van der Waals surface area contributed by atoms with Crippen LogP contribution in [0.5, 0.6) is 11.5 Å². The molecule has 3 rings (SSSR count). The third-order valence-electron chi connectivity index (χ3n) is 9.76.